The Balaban J connectivity index is 0.000000195. The van der Waals surface area contributed by atoms with Crippen LogP contribution in [0.15, 0.2) is 182 Å². The molecule has 0 fully saturated rings. The zero-order valence-corrected chi connectivity index (χ0v) is 63.2. The van der Waals surface area contributed by atoms with Crippen LogP contribution in [0.1, 0.15) is 75.6 Å². The third-order valence-corrected chi connectivity index (χ3v) is 16.5. The largest absolute Gasteiger partial charge is 0.508 e. The molecule has 0 aliphatic rings. The number of fused-ring (bicyclic) bond motifs is 1. The summed E-state index contributed by atoms with van der Waals surface area (Å²) in [5.74, 6) is -4.52. The highest BCUT2D eigenvalue weighted by molar-refractivity contribution is 14.1. The minimum atomic E-state index is -4.63. The van der Waals surface area contributed by atoms with Crippen molar-refractivity contribution in [2.75, 3.05) is 16.8 Å². The van der Waals surface area contributed by atoms with Gasteiger partial charge in [-0.3, -0.25) is 14.4 Å². The molecule has 554 valence electrons. The molecular weight excluding hydrogens is 1900 g/mol. The van der Waals surface area contributed by atoms with Crippen LogP contribution < -0.4 is 48.0 Å². The number of phenols is 1. The normalized spacial score (nSPS) is 11.2. The van der Waals surface area contributed by atoms with E-state index in [9.17, 15) is 71.9 Å². The first-order valence-electron chi connectivity index (χ1n) is 29.4. The Morgan fingerprint density at radius 1 is 0.500 bits per heavy atom. The number of primary amides is 2. The Bertz CT molecular complexity index is 5080. The number of ether oxygens (including phenoxy) is 3. The number of carbonyl (C=O) groups excluding carboxylic acids is 2. The van der Waals surface area contributed by atoms with Crippen molar-refractivity contribution in [3.63, 3.8) is 0 Å². The molecule has 0 spiro atoms. The predicted molar refractivity (Wildman–Crippen MR) is 402 cm³/mol. The van der Waals surface area contributed by atoms with Gasteiger partial charge in [0, 0.05) is 69.2 Å². The summed E-state index contributed by atoms with van der Waals surface area (Å²) in [6, 6.07) is 35.9. The molecule has 0 bridgehead atoms. The van der Waals surface area contributed by atoms with Gasteiger partial charge in [-0.1, -0.05) is 71.3 Å². The van der Waals surface area contributed by atoms with Crippen LogP contribution >= 0.6 is 102 Å². The zero-order valence-electron chi connectivity index (χ0n) is 53.8. The molecule has 0 saturated heterocycles. The number of amides is 2. The van der Waals surface area contributed by atoms with Crippen molar-refractivity contribution >= 4 is 148 Å². The van der Waals surface area contributed by atoms with E-state index in [-0.39, 0.29) is 56.4 Å². The number of nitrogens with one attached hydrogen (secondary N) is 1. The molecule has 0 unspecified atom stereocenters. The van der Waals surface area contributed by atoms with Gasteiger partial charge in [0.15, 0.2) is 0 Å². The molecule has 11 aromatic rings. The number of nitrogen functional groups attached to an aromatic ring is 2. The number of aromatic hydroxyl groups is 1. The van der Waals surface area contributed by atoms with E-state index in [1.807, 2.05) is 62.4 Å². The topological polar surface area (TPSA) is 322 Å². The van der Waals surface area contributed by atoms with E-state index in [0.717, 1.165) is 58.7 Å². The van der Waals surface area contributed by atoms with Crippen molar-refractivity contribution in [1.29, 1.82) is 0 Å². The monoisotopic (exact) mass is 1950 g/mol. The lowest BCUT2D eigenvalue weighted by Gasteiger charge is -2.15. The van der Waals surface area contributed by atoms with Crippen LogP contribution in [0.3, 0.4) is 0 Å². The van der Waals surface area contributed by atoms with Crippen LogP contribution in [0.5, 0.6) is 40.6 Å². The fraction of sp³-hybridized carbons (Fsp3) is 0.116. The Kier molecular flexibility index (Phi) is 28.6. The first kappa shape index (κ1) is 83.7. The fourth-order valence-electron chi connectivity index (χ4n) is 8.75. The Morgan fingerprint density at radius 3 is 1.33 bits per heavy atom. The number of phenolic OH excluding ortho intramolecular Hbond substituents is 1. The highest BCUT2D eigenvalue weighted by Gasteiger charge is 2.39. The third-order valence-electron chi connectivity index (χ3n) is 13.8. The molecule has 20 nitrogen and oxygen atoms in total. The van der Waals surface area contributed by atoms with E-state index in [1.165, 1.54) is 85.7 Å². The highest BCUT2D eigenvalue weighted by atomic mass is 127. The summed E-state index contributed by atoms with van der Waals surface area (Å²) in [5.41, 5.74) is 22.6. The van der Waals surface area contributed by atoms with Crippen LogP contribution in [-0.2, 0) is 37.8 Å². The number of pyridine rings is 4. The number of hydrogen-bond donors (Lipinski definition) is 7. The minimum Gasteiger partial charge on any atom is -0.508 e. The van der Waals surface area contributed by atoms with Crippen molar-refractivity contribution in [3.05, 3.63) is 268 Å². The fourth-order valence-corrected chi connectivity index (χ4v) is 10.8. The van der Waals surface area contributed by atoms with Gasteiger partial charge in [-0.05, 0) is 212 Å². The molecule has 0 radical (unpaired) electrons. The molecular formula is C69H50ClF12I4N11O9. The number of aromatic carboxylic acids is 1. The number of aryl methyl sites for hydroxylation is 2. The number of carboxylic acids is 1. The Hall–Kier alpha value is -9.56. The summed E-state index contributed by atoms with van der Waals surface area (Å²) in [6.07, 6.45) is -11.8. The second-order valence-electron chi connectivity index (χ2n) is 21.8. The Labute approximate surface area is 651 Å². The van der Waals surface area contributed by atoms with E-state index in [1.54, 1.807) is 101 Å². The number of anilines is 3. The van der Waals surface area contributed by atoms with Gasteiger partial charge in [0.25, 0.3) is 17.4 Å². The summed E-state index contributed by atoms with van der Waals surface area (Å²) < 4.78 is 174. The lowest BCUT2D eigenvalue weighted by molar-refractivity contribution is -0.139. The zero-order chi connectivity index (χ0) is 78.3. The van der Waals surface area contributed by atoms with Gasteiger partial charge >= 0.3 is 30.7 Å². The number of aromatic nitrogens is 6. The standard InChI is InChI=1S/C22H15F3IN3O2.C21H17F3IN3O2.C13H9F3IN3O2.C7H7NO3.C6H2ClF3IN/c1-13-2-4-14(5-3-13)11-29-12-28-20(30)17-9-16(6-7-19(17)29)31-21-18(22(23,24)25)8-15(26)10-27-21;1-12-2-4-13(5-3-12)10-27-18-7-6-15(9-16(18)19(26)29)30-20-17(21(22,23)24)8-14(25)11-28-20;14-13(15,16)9-3-6(17)5-20-12(9)22-7-1-2-10(18)8(4-7)11(19)21;8-6-2-1-4(9)3-5(6)7(10)11;7-5-4(6(8,9)10)1-3(11)2-12-5/h2-10,12H,11H2,1H3;2-9,11,27H,10H2,1H3,(H2,26,29);1-5H,18H2,(H2,19,21);1-3,9H,8H2,(H,10,11);1-2H. The average molecular weight is 1950 g/mol. The van der Waals surface area contributed by atoms with Gasteiger partial charge in [-0.2, -0.15) is 57.7 Å². The van der Waals surface area contributed by atoms with Crippen molar-refractivity contribution in [1.82, 2.24) is 29.5 Å². The SMILES string of the molecule is Cc1ccc(CNc2ccc(Oc3ncc(I)cc3C(F)(F)F)cc2C(N)=O)cc1.Cc1ccc(Cn2cnc(=O)c3cc(Oc4ncc(I)cc4C(F)(F)F)ccc32)cc1.FC(F)(F)c1cc(I)cnc1Cl.NC(=O)c1cc(Oc2ncc(I)cc2C(F)(F)F)ccc1N.Nc1ccc(O)cc1C(=O)O. The number of halogens is 17. The predicted octanol–water partition coefficient (Wildman–Crippen LogP) is 18.3. The first-order valence-corrected chi connectivity index (χ1v) is 34.1. The molecule has 5 heterocycles. The quantitative estimate of drug-likeness (QED) is 0.0175. The number of carbonyl (C=O) groups is 3. The molecule has 0 aliphatic carbocycles. The van der Waals surface area contributed by atoms with Crippen molar-refractivity contribution in [2.45, 2.75) is 51.6 Å². The third kappa shape index (κ3) is 24.2. The van der Waals surface area contributed by atoms with Gasteiger partial charge in [0.1, 0.15) is 44.8 Å². The lowest BCUT2D eigenvalue weighted by atomic mass is 10.1. The maximum Gasteiger partial charge on any atom is 0.421 e. The highest BCUT2D eigenvalue weighted by Crippen LogP contribution is 2.42. The average Bonchev–Trinajstić information content (AvgIpc) is 0.800. The number of nitrogens with two attached hydrogens (primary N) is 4. The second kappa shape index (κ2) is 36.2. The summed E-state index contributed by atoms with van der Waals surface area (Å²) in [4.78, 5) is 64.2. The van der Waals surface area contributed by atoms with Gasteiger partial charge < -0.3 is 57.2 Å². The van der Waals surface area contributed by atoms with Crippen molar-refractivity contribution in [3.8, 4) is 40.6 Å². The second-order valence-corrected chi connectivity index (χ2v) is 27.1. The van der Waals surface area contributed by atoms with Gasteiger partial charge in [-0.25, -0.2) is 24.7 Å². The van der Waals surface area contributed by atoms with Crippen LogP contribution in [0.2, 0.25) is 5.15 Å². The van der Waals surface area contributed by atoms with Crippen molar-refractivity contribution in [2.24, 2.45) is 11.5 Å². The number of hydrogen-bond acceptors (Lipinski definition) is 16. The molecule has 11 rings (SSSR count). The molecule has 5 aromatic heterocycles. The maximum absolute atomic E-state index is 13.3. The van der Waals surface area contributed by atoms with Crippen LogP contribution in [0.4, 0.5) is 69.7 Å². The summed E-state index contributed by atoms with van der Waals surface area (Å²) in [5, 5.41) is 20.2. The molecule has 0 saturated carbocycles. The molecule has 106 heavy (non-hydrogen) atoms. The van der Waals surface area contributed by atoms with Crippen LogP contribution in [0, 0.1) is 28.1 Å². The van der Waals surface area contributed by atoms with Gasteiger partial charge in [-0.15, -0.1) is 0 Å². The molecule has 37 heteroatoms. The number of alkyl halides is 12. The van der Waals surface area contributed by atoms with Crippen LogP contribution in [-0.4, -0.2) is 57.5 Å². The number of rotatable bonds is 14. The number of carboxylic acid groups (broad SMARTS) is 1. The molecule has 6 aromatic carbocycles. The smallest absolute Gasteiger partial charge is 0.421 e. The van der Waals surface area contributed by atoms with E-state index in [0.29, 0.717) is 38.6 Å². The van der Waals surface area contributed by atoms with Crippen molar-refractivity contribution < 1.29 is 91.5 Å². The van der Waals surface area contributed by atoms with E-state index < -0.39 is 93.1 Å². The van der Waals surface area contributed by atoms with Crippen LogP contribution in [0.25, 0.3) is 10.9 Å². The first-order chi connectivity index (χ1) is 49.5. The number of nitrogens with zero attached hydrogens (tertiary/aromatic N) is 6. The van der Waals surface area contributed by atoms with Gasteiger partial charge in [0.2, 0.25) is 17.6 Å². The molecule has 0 atom stereocenters. The number of benzene rings is 6. The summed E-state index contributed by atoms with van der Waals surface area (Å²) >= 11 is 12.2. The maximum atomic E-state index is 13.3. The summed E-state index contributed by atoms with van der Waals surface area (Å²) in [7, 11) is 0. The minimum absolute atomic E-state index is 0.0175. The van der Waals surface area contributed by atoms with Gasteiger partial charge in [0.05, 0.1) is 39.5 Å². The lowest BCUT2D eigenvalue weighted by Crippen LogP contribution is -2.15. The molecule has 0 aliphatic heterocycles. The van der Waals surface area contributed by atoms with E-state index in [4.69, 9.17) is 59.0 Å². The van der Waals surface area contributed by atoms with E-state index >= 15 is 0 Å². The van der Waals surface area contributed by atoms with E-state index in [2.05, 4.69) is 30.2 Å². The molecule has 2 amide bonds. The molecule has 11 N–H and O–H groups in total. The summed E-state index contributed by atoms with van der Waals surface area (Å²) in [6.45, 7) is 4.90. The Morgan fingerprint density at radius 2 is 0.896 bits per heavy atom.